The molecule has 0 radical (unpaired) electrons. The number of nitrogens with one attached hydrogen (secondary N) is 2. The maximum Gasteiger partial charge on any atom is 0.317 e. The maximum absolute atomic E-state index is 11.4. The van der Waals surface area contributed by atoms with Gasteiger partial charge in [-0.05, 0) is 34.1 Å². The quantitative estimate of drug-likeness (QED) is 0.851. The molecule has 3 rings (SSSR count). The minimum absolute atomic E-state index is 0.00472. The predicted octanol–water partition coefficient (Wildman–Crippen LogP) is 2.40. The van der Waals surface area contributed by atoms with Gasteiger partial charge in [0.05, 0.1) is 14.4 Å². The van der Waals surface area contributed by atoms with Gasteiger partial charge in [-0.3, -0.25) is 0 Å². The minimum atomic E-state index is -0.00472. The first-order valence-electron chi connectivity index (χ1n) is 6.58. The van der Waals surface area contributed by atoms with Crippen LogP contribution in [-0.4, -0.2) is 47.1 Å². The lowest BCUT2D eigenvalue weighted by Crippen LogP contribution is -2.32. The molecule has 1 aliphatic rings. The van der Waals surface area contributed by atoms with Crippen LogP contribution in [0, 0.1) is 0 Å². The third-order valence-electron chi connectivity index (χ3n) is 3.09. The van der Waals surface area contributed by atoms with Crippen molar-refractivity contribution in [3.8, 4) is 10.6 Å². The van der Waals surface area contributed by atoms with Gasteiger partial charge in [-0.1, -0.05) is 0 Å². The van der Waals surface area contributed by atoms with Gasteiger partial charge in [0.2, 0.25) is 5.95 Å². The Labute approximate surface area is 134 Å². The van der Waals surface area contributed by atoms with Crippen molar-refractivity contribution in [2.24, 2.45) is 0 Å². The van der Waals surface area contributed by atoms with Crippen LogP contribution in [0.5, 0.6) is 0 Å². The first-order valence-corrected chi connectivity index (χ1v) is 8.19. The molecular formula is C13H14BrN5OS. The number of thiophene rings is 1. The fourth-order valence-electron chi connectivity index (χ4n) is 2.06. The minimum Gasteiger partial charge on any atom is -0.352 e. The van der Waals surface area contributed by atoms with Crippen LogP contribution in [0.15, 0.2) is 28.2 Å². The SMILES string of the molecule is O=C1NCCN1CCNc1nccc(-c2ccc(Br)s2)n1. The number of amides is 2. The normalized spacial score (nSPS) is 14.3. The molecule has 0 atom stereocenters. The van der Waals surface area contributed by atoms with Crippen molar-refractivity contribution < 1.29 is 4.79 Å². The Bertz CT molecular complexity index is 647. The molecule has 2 N–H and O–H groups in total. The van der Waals surface area contributed by atoms with Crippen molar-refractivity contribution in [1.82, 2.24) is 20.2 Å². The third kappa shape index (κ3) is 3.51. The zero-order valence-electron chi connectivity index (χ0n) is 11.2. The van der Waals surface area contributed by atoms with E-state index in [0.717, 1.165) is 27.4 Å². The molecule has 0 unspecified atom stereocenters. The molecule has 2 aromatic heterocycles. The number of urea groups is 1. The number of rotatable bonds is 5. The monoisotopic (exact) mass is 367 g/mol. The van der Waals surface area contributed by atoms with Gasteiger partial charge in [0.25, 0.3) is 0 Å². The summed E-state index contributed by atoms with van der Waals surface area (Å²) in [5.41, 5.74) is 0.891. The van der Waals surface area contributed by atoms with E-state index in [4.69, 9.17) is 0 Å². The Kier molecular flexibility index (Phi) is 4.35. The smallest absolute Gasteiger partial charge is 0.317 e. The topological polar surface area (TPSA) is 70.2 Å². The van der Waals surface area contributed by atoms with Crippen LogP contribution in [0.4, 0.5) is 10.7 Å². The second-order valence-corrected chi connectivity index (χ2v) is 6.98. The average molecular weight is 368 g/mol. The molecule has 0 aromatic carbocycles. The highest BCUT2D eigenvalue weighted by molar-refractivity contribution is 9.11. The van der Waals surface area contributed by atoms with Gasteiger partial charge in [-0.15, -0.1) is 11.3 Å². The van der Waals surface area contributed by atoms with E-state index in [0.29, 0.717) is 19.0 Å². The molecule has 6 nitrogen and oxygen atoms in total. The number of carbonyl (C=O) groups excluding carboxylic acids is 1. The van der Waals surface area contributed by atoms with E-state index in [1.54, 1.807) is 22.4 Å². The molecule has 8 heteroatoms. The van der Waals surface area contributed by atoms with Crippen LogP contribution in [0.2, 0.25) is 0 Å². The van der Waals surface area contributed by atoms with Crippen LogP contribution in [0.1, 0.15) is 0 Å². The Balaban J connectivity index is 1.60. The van der Waals surface area contributed by atoms with Crippen LogP contribution in [0.25, 0.3) is 10.6 Å². The average Bonchev–Trinajstić information content (AvgIpc) is 3.09. The summed E-state index contributed by atoms with van der Waals surface area (Å²) in [4.78, 5) is 23.0. The second-order valence-electron chi connectivity index (χ2n) is 4.51. The zero-order valence-corrected chi connectivity index (χ0v) is 13.6. The molecular weight excluding hydrogens is 354 g/mol. The van der Waals surface area contributed by atoms with Gasteiger partial charge in [0.1, 0.15) is 0 Å². The Morgan fingerprint density at radius 1 is 1.43 bits per heavy atom. The molecule has 0 aliphatic carbocycles. The summed E-state index contributed by atoms with van der Waals surface area (Å²) < 4.78 is 1.07. The molecule has 2 amide bonds. The van der Waals surface area contributed by atoms with E-state index in [1.807, 2.05) is 18.2 Å². The fourth-order valence-corrected chi connectivity index (χ4v) is 3.42. The Morgan fingerprint density at radius 2 is 2.33 bits per heavy atom. The highest BCUT2D eigenvalue weighted by Crippen LogP contribution is 2.30. The number of hydrogen-bond donors (Lipinski definition) is 2. The molecule has 1 saturated heterocycles. The summed E-state index contributed by atoms with van der Waals surface area (Å²) in [5.74, 6) is 0.580. The van der Waals surface area contributed by atoms with Crippen molar-refractivity contribution in [2.75, 3.05) is 31.5 Å². The fraction of sp³-hybridized carbons (Fsp3) is 0.308. The first kappa shape index (κ1) is 14.3. The summed E-state index contributed by atoms with van der Waals surface area (Å²) in [5, 5.41) is 5.93. The summed E-state index contributed by atoms with van der Waals surface area (Å²) in [7, 11) is 0. The second kappa shape index (κ2) is 6.40. The highest BCUT2D eigenvalue weighted by Gasteiger charge is 2.18. The van der Waals surface area contributed by atoms with Gasteiger partial charge in [0, 0.05) is 32.4 Å². The molecule has 2 aromatic rings. The van der Waals surface area contributed by atoms with Crippen LogP contribution in [-0.2, 0) is 0 Å². The van der Waals surface area contributed by atoms with E-state index in [2.05, 4.69) is 36.5 Å². The van der Waals surface area contributed by atoms with Gasteiger partial charge >= 0.3 is 6.03 Å². The van der Waals surface area contributed by atoms with Crippen molar-refractivity contribution >= 4 is 39.2 Å². The largest absolute Gasteiger partial charge is 0.352 e. The van der Waals surface area contributed by atoms with Gasteiger partial charge in [-0.2, -0.15) is 0 Å². The molecule has 110 valence electrons. The number of anilines is 1. The number of hydrogen-bond acceptors (Lipinski definition) is 5. The Hall–Kier alpha value is -1.67. The third-order valence-corrected chi connectivity index (χ3v) is 4.74. The molecule has 21 heavy (non-hydrogen) atoms. The van der Waals surface area contributed by atoms with Gasteiger partial charge in [-0.25, -0.2) is 14.8 Å². The lowest BCUT2D eigenvalue weighted by Gasteiger charge is -2.14. The van der Waals surface area contributed by atoms with Gasteiger partial charge < -0.3 is 15.5 Å². The van der Waals surface area contributed by atoms with E-state index in [9.17, 15) is 4.79 Å². The summed E-state index contributed by atoms with van der Waals surface area (Å²) in [6.45, 7) is 2.75. The highest BCUT2D eigenvalue weighted by atomic mass is 79.9. The maximum atomic E-state index is 11.4. The number of carbonyl (C=O) groups is 1. The lowest BCUT2D eigenvalue weighted by atomic mass is 10.3. The number of nitrogens with zero attached hydrogens (tertiary/aromatic N) is 3. The summed E-state index contributed by atoms with van der Waals surface area (Å²) >= 11 is 5.08. The summed E-state index contributed by atoms with van der Waals surface area (Å²) in [6.07, 6.45) is 1.74. The molecule has 1 aliphatic heterocycles. The first-order chi connectivity index (χ1) is 10.2. The van der Waals surface area contributed by atoms with Crippen LogP contribution < -0.4 is 10.6 Å². The van der Waals surface area contributed by atoms with E-state index < -0.39 is 0 Å². The summed E-state index contributed by atoms with van der Waals surface area (Å²) in [6, 6.07) is 5.91. The van der Waals surface area contributed by atoms with Gasteiger partial charge in [0.15, 0.2) is 0 Å². The van der Waals surface area contributed by atoms with Crippen LogP contribution >= 0.6 is 27.3 Å². The van der Waals surface area contributed by atoms with Crippen molar-refractivity contribution in [3.05, 3.63) is 28.2 Å². The van der Waals surface area contributed by atoms with Crippen molar-refractivity contribution in [3.63, 3.8) is 0 Å². The molecule has 0 bridgehead atoms. The zero-order chi connectivity index (χ0) is 14.7. The number of halogens is 1. The van der Waals surface area contributed by atoms with E-state index in [1.165, 1.54) is 0 Å². The predicted molar refractivity (Wildman–Crippen MR) is 86.5 cm³/mol. The van der Waals surface area contributed by atoms with E-state index in [-0.39, 0.29) is 6.03 Å². The number of aromatic nitrogens is 2. The van der Waals surface area contributed by atoms with Crippen LogP contribution in [0.3, 0.4) is 0 Å². The molecule has 0 spiro atoms. The van der Waals surface area contributed by atoms with E-state index >= 15 is 0 Å². The van der Waals surface area contributed by atoms with Crippen molar-refractivity contribution in [1.29, 1.82) is 0 Å². The molecule has 3 heterocycles. The van der Waals surface area contributed by atoms with Crippen molar-refractivity contribution in [2.45, 2.75) is 0 Å². The molecule has 0 saturated carbocycles. The standard InChI is InChI=1S/C13H14BrN5OS/c14-11-2-1-10(21-11)9-3-4-15-12(18-9)16-5-7-19-8-6-17-13(19)20/h1-4H,5-8H2,(H,17,20)(H,15,16,18). The molecule has 1 fully saturated rings. The Morgan fingerprint density at radius 3 is 3.05 bits per heavy atom. The lowest BCUT2D eigenvalue weighted by molar-refractivity contribution is 0.219.